The van der Waals surface area contributed by atoms with Gasteiger partial charge in [0.05, 0.1) is 4.92 Å². The molecule has 0 atom stereocenters. The van der Waals surface area contributed by atoms with Gasteiger partial charge >= 0.3 is 0 Å². The summed E-state index contributed by atoms with van der Waals surface area (Å²) in [5.74, 6) is -0.258. The fourth-order valence-corrected chi connectivity index (χ4v) is 0.406. The Kier molecular flexibility index (Phi) is 3.17. The van der Waals surface area contributed by atoms with Crippen molar-refractivity contribution in [3.8, 4) is 0 Å². The van der Waals surface area contributed by atoms with E-state index in [0.717, 1.165) is 6.08 Å². The van der Waals surface area contributed by atoms with Crippen LogP contribution in [0.1, 0.15) is 13.8 Å². The summed E-state index contributed by atoms with van der Waals surface area (Å²) in [7, 11) is 0. The molecule has 0 rings (SSSR count). The Morgan fingerprint density at radius 1 is 1.55 bits per heavy atom. The molecule has 0 aliphatic heterocycles. The van der Waals surface area contributed by atoms with E-state index in [-0.39, 0.29) is 17.1 Å². The lowest BCUT2D eigenvalue weighted by Crippen LogP contribution is -1.97. The molecule has 0 radical (unpaired) electrons. The van der Waals surface area contributed by atoms with Gasteiger partial charge in [0.1, 0.15) is 0 Å². The summed E-state index contributed by atoms with van der Waals surface area (Å²) in [4.78, 5) is 20.0. The van der Waals surface area contributed by atoms with Gasteiger partial charge < -0.3 is 0 Å². The molecular formula is C7H9NO3. The molecule has 0 bridgehead atoms. The smallest absolute Gasteiger partial charge is 0.243 e. The molecule has 0 amide bonds. The van der Waals surface area contributed by atoms with Crippen LogP contribution in [-0.4, -0.2) is 10.7 Å². The van der Waals surface area contributed by atoms with Crippen LogP contribution in [0.25, 0.3) is 0 Å². The molecular weight excluding hydrogens is 146 g/mol. The van der Waals surface area contributed by atoms with Crippen molar-refractivity contribution in [1.29, 1.82) is 0 Å². The minimum Gasteiger partial charge on any atom is -0.295 e. The van der Waals surface area contributed by atoms with Crippen molar-refractivity contribution >= 4 is 5.78 Å². The highest BCUT2D eigenvalue weighted by Gasteiger charge is 2.04. The monoisotopic (exact) mass is 155 g/mol. The molecule has 0 aromatic heterocycles. The summed E-state index contributed by atoms with van der Waals surface area (Å²) >= 11 is 0. The molecule has 0 N–H and O–H groups in total. The maximum absolute atomic E-state index is 10.5. The van der Waals surface area contributed by atoms with Gasteiger partial charge in [-0.25, -0.2) is 0 Å². The maximum Gasteiger partial charge on any atom is 0.243 e. The van der Waals surface area contributed by atoms with Crippen LogP contribution in [-0.2, 0) is 4.79 Å². The second-order valence-corrected chi connectivity index (χ2v) is 2.12. The van der Waals surface area contributed by atoms with Crippen molar-refractivity contribution in [2.45, 2.75) is 13.8 Å². The van der Waals surface area contributed by atoms with E-state index in [1.165, 1.54) is 13.8 Å². The van der Waals surface area contributed by atoms with Gasteiger partial charge in [0.2, 0.25) is 5.70 Å². The minimum absolute atomic E-state index is 0.0785. The SMILES string of the molecule is C=C(/C=C(\C)[N+](=O)[O-])C(C)=O. The molecule has 0 aromatic carbocycles. The summed E-state index contributed by atoms with van der Waals surface area (Å²) in [6.07, 6.45) is 1.16. The van der Waals surface area contributed by atoms with E-state index < -0.39 is 4.92 Å². The van der Waals surface area contributed by atoms with Crippen LogP contribution in [0.2, 0.25) is 0 Å². The van der Waals surface area contributed by atoms with E-state index in [1.54, 1.807) is 0 Å². The number of nitro groups is 1. The van der Waals surface area contributed by atoms with E-state index in [4.69, 9.17) is 0 Å². The predicted octanol–water partition coefficient (Wildman–Crippen LogP) is 1.31. The maximum atomic E-state index is 10.5. The molecule has 0 heterocycles. The van der Waals surface area contributed by atoms with Gasteiger partial charge in [-0.2, -0.15) is 0 Å². The Bertz CT molecular complexity index is 240. The van der Waals surface area contributed by atoms with Gasteiger partial charge in [0, 0.05) is 18.6 Å². The van der Waals surface area contributed by atoms with Crippen LogP contribution < -0.4 is 0 Å². The predicted molar refractivity (Wildman–Crippen MR) is 40.6 cm³/mol. The van der Waals surface area contributed by atoms with Crippen molar-refractivity contribution in [3.05, 3.63) is 34.0 Å². The van der Waals surface area contributed by atoms with Crippen LogP contribution in [0.5, 0.6) is 0 Å². The Morgan fingerprint density at radius 2 is 2.00 bits per heavy atom. The molecule has 0 aliphatic rings. The molecule has 11 heavy (non-hydrogen) atoms. The molecule has 4 heteroatoms. The first-order chi connectivity index (χ1) is 4.95. The topological polar surface area (TPSA) is 60.2 Å². The highest BCUT2D eigenvalue weighted by Crippen LogP contribution is 2.01. The molecule has 4 nitrogen and oxygen atoms in total. The average molecular weight is 155 g/mol. The fraction of sp³-hybridized carbons (Fsp3) is 0.286. The third kappa shape index (κ3) is 3.30. The second kappa shape index (κ2) is 3.65. The van der Waals surface area contributed by atoms with Crippen molar-refractivity contribution in [2.75, 3.05) is 0 Å². The number of carbonyl (C=O) groups excluding carboxylic acids is 1. The van der Waals surface area contributed by atoms with Gasteiger partial charge in [0.15, 0.2) is 5.78 Å². The van der Waals surface area contributed by atoms with Gasteiger partial charge in [-0.3, -0.25) is 14.9 Å². The molecule has 0 spiro atoms. The van der Waals surface area contributed by atoms with Crippen LogP contribution in [0.4, 0.5) is 0 Å². The van der Waals surface area contributed by atoms with Crippen molar-refractivity contribution in [3.63, 3.8) is 0 Å². The lowest BCUT2D eigenvalue weighted by Gasteiger charge is -1.91. The minimum atomic E-state index is -0.561. The first-order valence-corrected chi connectivity index (χ1v) is 2.97. The number of allylic oxidation sites excluding steroid dienone is 3. The Balaban J connectivity index is 4.44. The van der Waals surface area contributed by atoms with Gasteiger partial charge in [-0.05, 0) is 6.92 Å². The average Bonchev–Trinajstić information content (AvgIpc) is 1.87. The standard InChI is InChI=1S/C7H9NO3/c1-5(7(3)9)4-6(2)8(10)11/h4H,1H2,2-3H3/b6-4+. The first kappa shape index (κ1) is 9.55. The van der Waals surface area contributed by atoms with Crippen molar-refractivity contribution in [2.24, 2.45) is 0 Å². The third-order valence-electron chi connectivity index (χ3n) is 1.12. The number of hydrogen-bond acceptors (Lipinski definition) is 3. The number of Topliss-reactive ketones (excluding diaryl/α,β-unsaturated/α-hetero) is 1. The molecule has 60 valence electrons. The van der Waals surface area contributed by atoms with Crippen LogP contribution in [0.3, 0.4) is 0 Å². The highest BCUT2D eigenvalue weighted by atomic mass is 16.6. The highest BCUT2D eigenvalue weighted by molar-refractivity contribution is 5.95. The summed E-state index contributed by atoms with van der Waals surface area (Å²) < 4.78 is 0. The zero-order valence-electron chi connectivity index (χ0n) is 6.46. The molecule has 0 unspecified atom stereocenters. The number of nitrogens with zero attached hydrogens (tertiary/aromatic N) is 1. The zero-order chi connectivity index (χ0) is 9.02. The quantitative estimate of drug-likeness (QED) is 0.267. The van der Waals surface area contributed by atoms with Crippen LogP contribution in [0, 0.1) is 10.1 Å². The van der Waals surface area contributed by atoms with E-state index in [2.05, 4.69) is 6.58 Å². The zero-order valence-corrected chi connectivity index (χ0v) is 6.46. The van der Waals surface area contributed by atoms with Gasteiger partial charge in [0.25, 0.3) is 0 Å². The van der Waals surface area contributed by atoms with Crippen LogP contribution in [0.15, 0.2) is 23.9 Å². The van der Waals surface area contributed by atoms with Gasteiger partial charge in [-0.1, -0.05) is 6.58 Å². The number of hydrogen-bond donors (Lipinski definition) is 0. The fourth-order valence-electron chi connectivity index (χ4n) is 0.406. The van der Waals surface area contributed by atoms with Crippen molar-refractivity contribution < 1.29 is 9.72 Å². The van der Waals surface area contributed by atoms with E-state index in [0.29, 0.717) is 0 Å². The molecule has 0 fully saturated rings. The van der Waals surface area contributed by atoms with Crippen molar-refractivity contribution in [1.82, 2.24) is 0 Å². The third-order valence-corrected chi connectivity index (χ3v) is 1.12. The lowest BCUT2D eigenvalue weighted by molar-refractivity contribution is -0.424. The van der Waals surface area contributed by atoms with Gasteiger partial charge in [-0.15, -0.1) is 0 Å². The van der Waals surface area contributed by atoms with E-state index >= 15 is 0 Å². The van der Waals surface area contributed by atoms with Crippen LogP contribution >= 0.6 is 0 Å². The number of carbonyl (C=O) groups is 1. The van der Waals surface area contributed by atoms with E-state index in [1.807, 2.05) is 0 Å². The van der Waals surface area contributed by atoms with E-state index in [9.17, 15) is 14.9 Å². The summed E-state index contributed by atoms with van der Waals surface area (Å²) in [5.41, 5.74) is 0.0735. The molecule has 0 saturated carbocycles. The molecule has 0 aromatic rings. The largest absolute Gasteiger partial charge is 0.295 e. The summed E-state index contributed by atoms with van der Waals surface area (Å²) in [5, 5.41) is 10.0. The number of ketones is 1. The lowest BCUT2D eigenvalue weighted by atomic mass is 10.2. The Labute approximate surface area is 64.4 Å². The molecule has 0 aliphatic carbocycles. The first-order valence-electron chi connectivity index (χ1n) is 2.97. The summed E-state index contributed by atoms with van der Waals surface area (Å²) in [6.45, 7) is 5.97. The Morgan fingerprint density at radius 3 is 2.27 bits per heavy atom. The number of rotatable bonds is 3. The summed E-state index contributed by atoms with van der Waals surface area (Å²) in [6, 6.07) is 0. The Hall–Kier alpha value is -1.45. The second-order valence-electron chi connectivity index (χ2n) is 2.12. The normalized spacial score (nSPS) is 10.9. The molecule has 0 saturated heterocycles.